The van der Waals surface area contributed by atoms with Crippen LogP contribution < -0.4 is 10.6 Å². The zero-order chi connectivity index (χ0) is 16.4. The Labute approximate surface area is 131 Å². The molecule has 1 atom stereocenters. The number of hydrogen-bond acceptors (Lipinski definition) is 5. The van der Waals surface area contributed by atoms with Crippen molar-refractivity contribution in [2.24, 2.45) is 0 Å². The number of hydrogen-bond donors (Lipinski definition) is 2. The highest BCUT2D eigenvalue weighted by Gasteiger charge is 2.26. The molecule has 1 saturated carbocycles. The van der Waals surface area contributed by atoms with Crippen molar-refractivity contribution in [3.63, 3.8) is 0 Å². The number of ether oxygens (including phenoxy) is 1. The second-order valence-corrected chi connectivity index (χ2v) is 5.38. The van der Waals surface area contributed by atoms with Gasteiger partial charge >= 0.3 is 12.0 Å². The number of imidazole rings is 1. The largest absolute Gasteiger partial charge is 0.448 e. The quantitative estimate of drug-likeness (QED) is 0.815. The lowest BCUT2D eigenvalue weighted by Gasteiger charge is -2.12. The topological polar surface area (TPSA) is 102 Å². The van der Waals surface area contributed by atoms with Crippen molar-refractivity contribution in [2.75, 3.05) is 0 Å². The molecule has 2 heterocycles. The van der Waals surface area contributed by atoms with E-state index in [1.807, 2.05) is 0 Å². The third kappa shape index (κ3) is 3.65. The van der Waals surface area contributed by atoms with Gasteiger partial charge in [0.05, 0.1) is 0 Å². The lowest BCUT2D eigenvalue weighted by molar-refractivity contribution is -0.127. The first-order valence-corrected chi connectivity index (χ1v) is 7.29. The lowest BCUT2D eigenvalue weighted by atomic mass is 10.3. The molecule has 23 heavy (non-hydrogen) atoms. The van der Waals surface area contributed by atoms with Gasteiger partial charge in [0, 0.05) is 18.4 Å². The number of pyridine rings is 1. The van der Waals surface area contributed by atoms with Crippen LogP contribution in [0.25, 0.3) is 5.65 Å². The maximum atomic E-state index is 12.0. The summed E-state index contributed by atoms with van der Waals surface area (Å²) in [5.74, 6) is -1.40. The van der Waals surface area contributed by atoms with E-state index in [1.165, 1.54) is 13.1 Å². The molecule has 1 fully saturated rings. The van der Waals surface area contributed by atoms with Crippen LogP contribution in [0, 0.1) is 0 Å². The lowest BCUT2D eigenvalue weighted by Crippen LogP contribution is -2.45. The molecule has 0 radical (unpaired) electrons. The average Bonchev–Trinajstić information content (AvgIpc) is 3.21. The Morgan fingerprint density at radius 3 is 2.83 bits per heavy atom. The molecule has 2 aromatic rings. The van der Waals surface area contributed by atoms with E-state index < -0.39 is 24.0 Å². The van der Waals surface area contributed by atoms with Gasteiger partial charge in [0.1, 0.15) is 5.65 Å². The van der Waals surface area contributed by atoms with Crippen LogP contribution in [-0.4, -0.2) is 39.4 Å². The summed E-state index contributed by atoms with van der Waals surface area (Å²) < 4.78 is 6.71. The van der Waals surface area contributed by atoms with Crippen LogP contribution in [0.2, 0.25) is 0 Å². The van der Waals surface area contributed by atoms with Crippen LogP contribution in [0.15, 0.2) is 30.6 Å². The number of rotatable bonds is 4. The van der Waals surface area contributed by atoms with Gasteiger partial charge in [0.2, 0.25) is 0 Å². The molecule has 1 aliphatic carbocycles. The van der Waals surface area contributed by atoms with Crippen LogP contribution in [0.5, 0.6) is 0 Å². The predicted octanol–water partition coefficient (Wildman–Crippen LogP) is 0.868. The van der Waals surface area contributed by atoms with E-state index in [1.54, 1.807) is 28.8 Å². The van der Waals surface area contributed by atoms with E-state index in [0.29, 0.717) is 5.65 Å². The minimum atomic E-state index is -1.10. The van der Waals surface area contributed by atoms with Crippen molar-refractivity contribution in [3.8, 4) is 0 Å². The smallest absolute Gasteiger partial charge is 0.359 e. The van der Waals surface area contributed by atoms with Crippen LogP contribution >= 0.6 is 0 Å². The van der Waals surface area contributed by atoms with E-state index in [2.05, 4.69) is 15.6 Å². The molecular weight excluding hydrogens is 300 g/mol. The molecule has 0 spiro atoms. The van der Waals surface area contributed by atoms with Crippen molar-refractivity contribution >= 4 is 23.6 Å². The molecule has 0 bridgehead atoms. The summed E-state index contributed by atoms with van der Waals surface area (Å²) in [5, 5.41) is 4.76. The molecule has 0 unspecified atom stereocenters. The van der Waals surface area contributed by atoms with Gasteiger partial charge in [0.25, 0.3) is 5.91 Å². The SMILES string of the molecule is C[C@H](OC(=O)c1cn2ccccc2n1)C(=O)NC(=O)NC1CC1. The second-order valence-electron chi connectivity index (χ2n) is 5.38. The Bertz CT molecular complexity index is 733. The predicted molar refractivity (Wildman–Crippen MR) is 79.8 cm³/mol. The van der Waals surface area contributed by atoms with Crippen LogP contribution in [0.4, 0.5) is 4.79 Å². The van der Waals surface area contributed by atoms with E-state index in [9.17, 15) is 14.4 Å². The summed E-state index contributed by atoms with van der Waals surface area (Å²) in [4.78, 5) is 39.4. The maximum Gasteiger partial charge on any atom is 0.359 e. The molecule has 8 heteroatoms. The van der Waals surface area contributed by atoms with Gasteiger partial charge in [-0.2, -0.15) is 0 Å². The standard InChI is InChI=1S/C15H16N4O4/c1-9(13(20)18-15(22)16-10-5-6-10)23-14(21)11-8-19-7-3-2-4-12(19)17-11/h2-4,7-10H,5-6H2,1H3,(H2,16,18,20,22)/t9-/m0/s1. The average molecular weight is 316 g/mol. The molecule has 8 nitrogen and oxygen atoms in total. The Hall–Kier alpha value is -2.90. The van der Waals surface area contributed by atoms with E-state index in [0.717, 1.165) is 12.8 Å². The van der Waals surface area contributed by atoms with Crippen LogP contribution in [0.3, 0.4) is 0 Å². The number of fused-ring (bicyclic) bond motifs is 1. The molecular formula is C15H16N4O4. The van der Waals surface area contributed by atoms with Gasteiger partial charge < -0.3 is 14.5 Å². The summed E-state index contributed by atoms with van der Waals surface area (Å²) in [5.41, 5.74) is 0.693. The van der Waals surface area contributed by atoms with Gasteiger partial charge in [-0.05, 0) is 31.9 Å². The number of carbonyl (C=O) groups excluding carboxylic acids is 3. The fraction of sp³-hybridized carbons (Fsp3) is 0.333. The van der Waals surface area contributed by atoms with Crippen LogP contribution in [0.1, 0.15) is 30.3 Å². The van der Waals surface area contributed by atoms with Gasteiger partial charge in [0.15, 0.2) is 11.8 Å². The summed E-state index contributed by atoms with van der Waals surface area (Å²) in [6.45, 7) is 1.40. The number of amides is 3. The molecule has 3 rings (SSSR count). The monoisotopic (exact) mass is 316 g/mol. The number of nitrogens with zero attached hydrogens (tertiary/aromatic N) is 2. The molecule has 2 aromatic heterocycles. The Kier molecular flexibility index (Phi) is 3.96. The van der Waals surface area contributed by atoms with Gasteiger partial charge in [-0.15, -0.1) is 0 Å². The summed E-state index contributed by atoms with van der Waals surface area (Å²) in [7, 11) is 0. The van der Waals surface area contributed by atoms with E-state index in [-0.39, 0.29) is 11.7 Å². The van der Waals surface area contributed by atoms with Gasteiger partial charge in [-0.3, -0.25) is 10.1 Å². The Balaban J connectivity index is 1.57. The third-order valence-corrected chi connectivity index (χ3v) is 3.38. The third-order valence-electron chi connectivity index (χ3n) is 3.38. The summed E-state index contributed by atoms with van der Waals surface area (Å²) in [6.07, 6.45) is 4.00. The number of carbonyl (C=O) groups is 3. The zero-order valence-corrected chi connectivity index (χ0v) is 12.5. The van der Waals surface area contributed by atoms with Crippen molar-refractivity contribution in [1.29, 1.82) is 0 Å². The van der Waals surface area contributed by atoms with Crippen molar-refractivity contribution < 1.29 is 19.1 Å². The number of aromatic nitrogens is 2. The normalized spacial score (nSPS) is 15.0. The number of nitrogens with one attached hydrogen (secondary N) is 2. The Morgan fingerprint density at radius 1 is 1.35 bits per heavy atom. The number of esters is 1. The highest BCUT2D eigenvalue weighted by molar-refractivity contribution is 5.98. The van der Waals surface area contributed by atoms with Crippen molar-refractivity contribution in [2.45, 2.75) is 31.9 Å². The first-order chi connectivity index (χ1) is 11.0. The molecule has 0 aliphatic heterocycles. The fourth-order valence-electron chi connectivity index (χ4n) is 1.97. The molecule has 0 aromatic carbocycles. The summed E-state index contributed by atoms with van der Waals surface area (Å²) >= 11 is 0. The highest BCUT2D eigenvalue weighted by atomic mass is 16.5. The highest BCUT2D eigenvalue weighted by Crippen LogP contribution is 2.18. The first-order valence-electron chi connectivity index (χ1n) is 7.29. The van der Waals surface area contributed by atoms with Gasteiger partial charge in [-0.1, -0.05) is 6.07 Å². The molecule has 0 saturated heterocycles. The molecule has 2 N–H and O–H groups in total. The minimum Gasteiger partial charge on any atom is -0.448 e. The van der Waals surface area contributed by atoms with E-state index >= 15 is 0 Å². The molecule has 1 aliphatic rings. The minimum absolute atomic E-state index is 0.0956. The molecule has 3 amide bonds. The van der Waals surface area contributed by atoms with Crippen molar-refractivity contribution in [1.82, 2.24) is 20.0 Å². The second kappa shape index (κ2) is 6.07. The Morgan fingerprint density at radius 2 is 2.13 bits per heavy atom. The number of imide groups is 1. The van der Waals surface area contributed by atoms with Gasteiger partial charge in [-0.25, -0.2) is 14.6 Å². The van der Waals surface area contributed by atoms with Crippen LogP contribution in [-0.2, 0) is 9.53 Å². The maximum absolute atomic E-state index is 12.0. The van der Waals surface area contributed by atoms with Crippen molar-refractivity contribution in [3.05, 3.63) is 36.3 Å². The number of urea groups is 1. The fourth-order valence-corrected chi connectivity index (χ4v) is 1.97. The van der Waals surface area contributed by atoms with E-state index in [4.69, 9.17) is 4.74 Å². The zero-order valence-electron chi connectivity index (χ0n) is 12.5. The first kappa shape index (κ1) is 15.0. The summed E-state index contributed by atoms with van der Waals surface area (Å²) in [6, 6.07) is 4.91. The molecule has 120 valence electrons.